The summed E-state index contributed by atoms with van der Waals surface area (Å²) in [5, 5.41) is 3.59. The van der Waals surface area contributed by atoms with Crippen molar-refractivity contribution in [3.63, 3.8) is 0 Å². The van der Waals surface area contributed by atoms with E-state index in [1.165, 1.54) is 44.2 Å². The van der Waals surface area contributed by atoms with Crippen LogP contribution in [-0.2, 0) is 6.54 Å². The average molecular weight is 401 g/mol. The van der Waals surface area contributed by atoms with E-state index in [0.717, 1.165) is 63.5 Å². The van der Waals surface area contributed by atoms with Gasteiger partial charge in [0.1, 0.15) is 5.82 Å². The van der Waals surface area contributed by atoms with Crippen LogP contribution in [0.3, 0.4) is 0 Å². The number of rotatable bonds is 7. The highest BCUT2D eigenvalue weighted by atomic mass is 15.3. The molecule has 2 aliphatic rings. The van der Waals surface area contributed by atoms with Crippen LogP contribution in [0.4, 0.5) is 5.82 Å². The van der Waals surface area contributed by atoms with Gasteiger partial charge in [0.25, 0.3) is 0 Å². The fourth-order valence-electron chi connectivity index (χ4n) is 4.58. The largest absolute Gasteiger partial charge is 0.357 e. The summed E-state index contributed by atoms with van der Waals surface area (Å²) in [6.07, 6.45) is 8.46. The molecule has 1 aromatic heterocycles. The van der Waals surface area contributed by atoms with Gasteiger partial charge in [0.2, 0.25) is 0 Å². The average Bonchev–Trinajstić information content (AvgIpc) is 3.04. The van der Waals surface area contributed by atoms with Crippen molar-refractivity contribution in [1.29, 1.82) is 0 Å². The Kier molecular flexibility index (Phi) is 8.59. The maximum Gasteiger partial charge on any atom is 0.193 e. The molecule has 6 heteroatoms. The molecule has 3 rings (SSSR count). The van der Waals surface area contributed by atoms with Gasteiger partial charge in [0.05, 0.1) is 0 Å². The van der Waals surface area contributed by atoms with E-state index in [1.807, 2.05) is 13.2 Å². The zero-order chi connectivity index (χ0) is 20.5. The number of anilines is 1. The van der Waals surface area contributed by atoms with E-state index >= 15 is 0 Å². The van der Waals surface area contributed by atoms with Crippen LogP contribution < -0.4 is 10.2 Å². The maximum atomic E-state index is 4.64. The molecular formula is C23H40N6. The van der Waals surface area contributed by atoms with Crippen LogP contribution >= 0.6 is 0 Å². The van der Waals surface area contributed by atoms with E-state index < -0.39 is 0 Å². The number of hydrogen-bond donors (Lipinski definition) is 1. The normalized spacial score (nSPS) is 21.0. The fraction of sp³-hybridized carbons (Fsp3) is 0.739. The van der Waals surface area contributed by atoms with Gasteiger partial charge in [-0.1, -0.05) is 26.7 Å². The lowest BCUT2D eigenvalue weighted by molar-refractivity contribution is 0.255. The zero-order valence-corrected chi connectivity index (χ0v) is 18.7. The SMILES string of the molecule is CCN(CC)CC1CCN(C(=NC)NCc2ccnc(N3CCCCCC3)c2)C1. The Hall–Kier alpha value is -1.82. The molecule has 0 saturated carbocycles. The molecule has 6 nitrogen and oxygen atoms in total. The highest BCUT2D eigenvalue weighted by molar-refractivity contribution is 5.80. The third kappa shape index (κ3) is 6.33. The molecule has 2 fully saturated rings. The van der Waals surface area contributed by atoms with E-state index in [4.69, 9.17) is 0 Å². The first-order chi connectivity index (χ1) is 14.2. The number of aromatic nitrogens is 1. The summed E-state index contributed by atoms with van der Waals surface area (Å²) in [6, 6.07) is 4.37. The number of aliphatic imine (C=N–C) groups is 1. The van der Waals surface area contributed by atoms with Gasteiger partial charge in [0, 0.05) is 52.5 Å². The van der Waals surface area contributed by atoms with Gasteiger partial charge in [-0.2, -0.15) is 0 Å². The van der Waals surface area contributed by atoms with Crippen molar-refractivity contribution in [2.75, 3.05) is 57.8 Å². The van der Waals surface area contributed by atoms with Crippen molar-refractivity contribution in [1.82, 2.24) is 20.1 Å². The molecular weight excluding hydrogens is 360 g/mol. The van der Waals surface area contributed by atoms with Crippen molar-refractivity contribution in [3.05, 3.63) is 23.9 Å². The molecule has 0 aromatic carbocycles. The van der Waals surface area contributed by atoms with Crippen molar-refractivity contribution >= 4 is 11.8 Å². The molecule has 0 radical (unpaired) electrons. The van der Waals surface area contributed by atoms with Crippen LogP contribution in [0.2, 0.25) is 0 Å². The van der Waals surface area contributed by atoms with Crippen molar-refractivity contribution in [2.45, 2.75) is 52.5 Å². The first-order valence-electron chi connectivity index (χ1n) is 11.6. The van der Waals surface area contributed by atoms with Gasteiger partial charge in [-0.05, 0) is 56.0 Å². The van der Waals surface area contributed by atoms with Crippen LogP contribution in [0, 0.1) is 5.92 Å². The minimum Gasteiger partial charge on any atom is -0.357 e. The molecule has 2 aliphatic heterocycles. The number of likely N-dealkylation sites (tertiary alicyclic amines) is 1. The summed E-state index contributed by atoms with van der Waals surface area (Å²) < 4.78 is 0. The Balaban J connectivity index is 1.52. The summed E-state index contributed by atoms with van der Waals surface area (Å²) >= 11 is 0. The molecule has 1 atom stereocenters. The maximum absolute atomic E-state index is 4.64. The van der Waals surface area contributed by atoms with E-state index in [2.05, 4.69) is 56.0 Å². The first kappa shape index (κ1) is 21.9. The van der Waals surface area contributed by atoms with Crippen LogP contribution in [0.1, 0.15) is 51.5 Å². The van der Waals surface area contributed by atoms with Gasteiger partial charge in [0.15, 0.2) is 5.96 Å². The number of hydrogen-bond acceptors (Lipinski definition) is 4. The Bertz CT molecular complexity index is 634. The van der Waals surface area contributed by atoms with Crippen LogP contribution in [0.25, 0.3) is 0 Å². The molecule has 0 aliphatic carbocycles. The summed E-state index contributed by atoms with van der Waals surface area (Å²) in [6.45, 7) is 13.3. The van der Waals surface area contributed by atoms with Gasteiger partial charge >= 0.3 is 0 Å². The second-order valence-electron chi connectivity index (χ2n) is 8.41. The lowest BCUT2D eigenvalue weighted by Gasteiger charge is -2.25. The highest BCUT2D eigenvalue weighted by Gasteiger charge is 2.25. The minimum absolute atomic E-state index is 0.740. The van der Waals surface area contributed by atoms with Gasteiger partial charge < -0.3 is 20.0 Å². The molecule has 162 valence electrons. The topological polar surface area (TPSA) is 47.0 Å². The molecule has 3 heterocycles. The van der Waals surface area contributed by atoms with Crippen molar-refractivity contribution in [3.8, 4) is 0 Å². The van der Waals surface area contributed by atoms with E-state index in [0.29, 0.717) is 0 Å². The predicted octanol–water partition coefficient (Wildman–Crippen LogP) is 3.20. The predicted molar refractivity (Wildman–Crippen MR) is 123 cm³/mol. The molecule has 0 bridgehead atoms. The van der Waals surface area contributed by atoms with Crippen molar-refractivity contribution in [2.24, 2.45) is 10.9 Å². The zero-order valence-electron chi connectivity index (χ0n) is 18.7. The first-order valence-corrected chi connectivity index (χ1v) is 11.6. The molecule has 0 spiro atoms. The smallest absolute Gasteiger partial charge is 0.193 e. The fourth-order valence-corrected chi connectivity index (χ4v) is 4.58. The third-order valence-electron chi connectivity index (χ3n) is 6.40. The quantitative estimate of drug-likeness (QED) is 0.563. The molecule has 2 saturated heterocycles. The van der Waals surface area contributed by atoms with Crippen LogP contribution in [0.5, 0.6) is 0 Å². The minimum atomic E-state index is 0.740. The molecule has 29 heavy (non-hydrogen) atoms. The number of pyridine rings is 1. The van der Waals surface area contributed by atoms with E-state index in [1.54, 1.807) is 0 Å². The summed E-state index contributed by atoms with van der Waals surface area (Å²) in [7, 11) is 1.90. The molecule has 0 amide bonds. The number of nitrogens with zero attached hydrogens (tertiary/aromatic N) is 5. The number of nitrogens with one attached hydrogen (secondary N) is 1. The summed E-state index contributed by atoms with van der Waals surface area (Å²) in [5.41, 5.74) is 1.28. The Labute approximate surface area is 177 Å². The Morgan fingerprint density at radius 3 is 2.62 bits per heavy atom. The summed E-state index contributed by atoms with van der Waals surface area (Å²) in [5.74, 6) is 2.89. The standard InChI is InChI=1S/C23H40N6/c1-4-27(5-2)18-21-11-15-29(19-21)23(24-3)26-17-20-10-12-25-22(16-20)28-13-8-6-7-9-14-28/h10,12,16,21H,4-9,11,13-15,17-19H2,1-3H3,(H,24,26). The third-order valence-corrected chi connectivity index (χ3v) is 6.40. The monoisotopic (exact) mass is 400 g/mol. The van der Waals surface area contributed by atoms with Crippen molar-refractivity contribution < 1.29 is 0 Å². The Morgan fingerprint density at radius 1 is 1.17 bits per heavy atom. The van der Waals surface area contributed by atoms with Gasteiger partial charge in [-0.3, -0.25) is 4.99 Å². The summed E-state index contributed by atoms with van der Waals surface area (Å²) in [4.78, 5) is 16.6. The molecule has 1 unspecified atom stereocenters. The van der Waals surface area contributed by atoms with Crippen LogP contribution in [-0.4, -0.2) is 73.6 Å². The molecule has 1 N–H and O–H groups in total. The Morgan fingerprint density at radius 2 is 1.93 bits per heavy atom. The number of guanidine groups is 1. The lowest BCUT2D eigenvalue weighted by Crippen LogP contribution is -2.40. The van der Waals surface area contributed by atoms with E-state index in [9.17, 15) is 0 Å². The van der Waals surface area contributed by atoms with Gasteiger partial charge in [-0.25, -0.2) is 4.98 Å². The second kappa shape index (κ2) is 11.4. The van der Waals surface area contributed by atoms with E-state index in [-0.39, 0.29) is 0 Å². The lowest BCUT2D eigenvalue weighted by atomic mass is 10.1. The van der Waals surface area contributed by atoms with Gasteiger partial charge in [-0.15, -0.1) is 0 Å². The van der Waals surface area contributed by atoms with Crippen LogP contribution in [0.15, 0.2) is 23.3 Å². The highest BCUT2D eigenvalue weighted by Crippen LogP contribution is 2.19. The molecule has 1 aromatic rings. The second-order valence-corrected chi connectivity index (χ2v) is 8.41.